The summed E-state index contributed by atoms with van der Waals surface area (Å²) in [7, 11) is 0. The average molecular weight is 237 g/mol. The summed E-state index contributed by atoms with van der Waals surface area (Å²) in [5.41, 5.74) is 1.18. The van der Waals surface area contributed by atoms with E-state index in [2.05, 4.69) is 11.8 Å². The third-order valence-electron chi connectivity index (χ3n) is 2.88. The van der Waals surface area contributed by atoms with Gasteiger partial charge in [0.2, 0.25) is 0 Å². The van der Waals surface area contributed by atoms with Gasteiger partial charge >= 0.3 is 0 Å². The van der Waals surface area contributed by atoms with Crippen LogP contribution in [0.25, 0.3) is 0 Å². The first kappa shape index (κ1) is 12.2. The zero-order valence-electron chi connectivity index (χ0n) is 10.2. The second-order valence-electron chi connectivity index (χ2n) is 4.07. The first-order chi connectivity index (χ1) is 8.33. The molecule has 0 aliphatic carbocycles. The number of fused-ring (bicyclic) bond motifs is 1. The van der Waals surface area contributed by atoms with Gasteiger partial charge in [0.1, 0.15) is 13.2 Å². The van der Waals surface area contributed by atoms with E-state index in [1.54, 1.807) is 0 Å². The van der Waals surface area contributed by atoms with Gasteiger partial charge in [-0.15, -0.1) is 0 Å². The highest BCUT2D eigenvalue weighted by atomic mass is 16.6. The molecule has 17 heavy (non-hydrogen) atoms. The normalized spacial score (nSPS) is 14.1. The third-order valence-corrected chi connectivity index (χ3v) is 2.88. The van der Waals surface area contributed by atoms with E-state index in [-0.39, 0.29) is 6.61 Å². The summed E-state index contributed by atoms with van der Waals surface area (Å²) in [6.45, 7) is 5.97. The molecule has 0 radical (unpaired) electrons. The minimum absolute atomic E-state index is 0.193. The topological polar surface area (TPSA) is 41.9 Å². The monoisotopic (exact) mass is 237 g/mol. The fourth-order valence-corrected chi connectivity index (χ4v) is 1.93. The molecular formula is C13H19NO3. The van der Waals surface area contributed by atoms with Gasteiger partial charge in [-0.3, -0.25) is 4.90 Å². The lowest BCUT2D eigenvalue weighted by Gasteiger charge is -2.22. The Bertz CT molecular complexity index is 368. The molecule has 1 aromatic carbocycles. The fraction of sp³-hybridized carbons (Fsp3) is 0.538. The molecule has 4 nitrogen and oxygen atoms in total. The summed E-state index contributed by atoms with van der Waals surface area (Å²) in [5.74, 6) is 1.65. The van der Waals surface area contributed by atoms with Gasteiger partial charge in [-0.05, 0) is 24.2 Å². The van der Waals surface area contributed by atoms with Crippen LogP contribution in [0.2, 0.25) is 0 Å². The molecule has 0 saturated carbocycles. The third kappa shape index (κ3) is 3.11. The first-order valence-corrected chi connectivity index (χ1v) is 6.05. The molecule has 0 spiro atoms. The minimum Gasteiger partial charge on any atom is -0.486 e. The largest absolute Gasteiger partial charge is 0.486 e. The van der Waals surface area contributed by atoms with Crippen LogP contribution in [0, 0.1) is 0 Å². The molecule has 0 unspecified atom stereocenters. The zero-order valence-corrected chi connectivity index (χ0v) is 10.2. The molecule has 0 aromatic heterocycles. The van der Waals surface area contributed by atoms with Crippen LogP contribution in [0.5, 0.6) is 11.5 Å². The molecule has 0 amide bonds. The van der Waals surface area contributed by atoms with Crippen LogP contribution in [0.4, 0.5) is 0 Å². The Hall–Kier alpha value is -1.26. The molecule has 0 atom stereocenters. The molecule has 2 rings (SSSR count). The Balaban J connectivity index is 2.05. The number of benzene rings is 1. The number of likely N-dealkylation sites (N-methyl/N-ethyl adjacent to an activating group) is 1. The number of ether oxygens (including phenoxy) is 2. The summed E-state index contributed by atoms with van der Waals surface area (Å²) in [5, 5.41) is 8.95. The molecule has 4 heteroatoms. The maximum atomic E-state index is 8.95. The predicted octanol–water partition coefficient (Wildman–Crippen LogP) is 1.27. The Kier molecular flexibility index (Phi) is 4.23. The Morgan fingerprint density at radius 3 is 2.71 bits per heavy atom. The summed E-state index contributed by atoms with van der Waals surface area (Å²) in [6.07, 6.45) is 0. The molecule has 1 N–H and O–H groups in total. The maximum Gasteiger partial charge on any atom is 0.161 e. The van der Waals surface area contributed by atoms with E-state index in [0.717, 1.165) is 24.6 Å². The highest BCUT2D eigenvalue weighted by Crippen LogP contribution is 2.31. The van der Waals surface area contributed by atoms with Crippen molar-refractivity contribution in [2.75, 3.05) is 32.9 Å². The van der Waals surface area contributed by atoms with Gasteiger partial charge < -0.3 is 14.6 Å². The van der Waals surface area contributed by atoms with Crippen molar-refractivity contribution in [3.05, 3.63) is 23.8 Å². The molecule has 1 aromatic rings. The van der Waals surface area contributed by atoms with E-state index < -0.39 is 0 Å². The zero-order chi connectivity index (χ0) is 12.1. The molecular weight excluding hydrogens is 218 g/mol. The van der Waals surface area contributed by atoms with Gasteiger partial charge in [0, 0.05) is 13.1 Å². The summed E-state index contributed by atoms with van der Waals surface area (Å²) in [4.78, 5) is 2.19. The minimum atomic E-state index is 0.193. The van der Waals surface area contributed by atoms with E-state index in [9.17, 15) is 0 Å². The van der Waals surface area contributed by atoms with E-state index in [1.807, 2.05) is 18.2 Å². The lowest BCUT2D eigenvalue weighted by atomic mass is 10.2. The van der Waals surface area contributed by atoms with E-state index in [1.165, 1.54) is 5.56 Å². The number of hydrogen-bond donors (Lipinski definition) is 1. The van der Waals surface area contributed by atoms with Crippen molar-refractivity contribution in [2.45, 2.75) is 13.5 Å². The second-order valence-corrected chi connectivity index (χ2v) is 4.07. The van der Waals surface area contributed by atoms with E-state index >= 15 is 0 Å². The maximum absolute atomic E-state index is 8.95. The molecule has 94 valence electrons. The van der Waals surface area contributed by atoms with Crippen LogP contribution >= 0.6 is 0 Å². The van der Waals surface area contributed by atoms with Crippen LogP contribution in [0.1, 0.15) is 12.5 Å². The average Bonchev–Trinajstić information content (AvgIpc) is 2.38. The van der Waals surface area contributed by atoms with Crippen molar-refractivity contribution >= 4 is 0 Å². The molecule has 0 bridgehead atoms. The molecule has 1 aliphatic rings. The standard InChI is InChI=1S/C13H19NO3/c1-2-14(5-6-15)10-11-3-4-12-13(9-11)17-8-7-16-12/h3-4,9,15H,2,5-8,10H2,1H3. The number of aliphatic hydroxyl groups is 1. The van der Waals surface area contributed by atoms with Gasteiger partial charge in [0.05, 0.1) is 6.61 Å². The fourth-order valence-electron chi connectivity index (χ4n) is 1.93. The number of aliphatic hydroxyl groups excluding tert-OH is 1. The lowest BCUT2D eigenvalue weighted by Crippen LogP contribution is -2.26. The van der Waals surface area contributed by atoms with Crippen LogP contribution in [0.15, 0.2) is 18.2 Å². The van der Waals surface area contributed by atoms with Crippen molar-refractivity contribution < 1.29 is 14.6 Å². The highest BCUT2D eigenvalue weighted by Gasteiger charge is 2.12. The Morgan fingerprint density at radius 1 is 1.24 bits per heavy atom. The Morgan fingerprint density at radius 2 is 2.00 bits per heavy atom. The molecule has 1 aliphatic heterocycles. The van der Waals surface area contributed by atoms with Crippen molar-refractivity contribution in [3.8, 4) is 11.5 Å². The van der Waals surface area contributed by atoms with E-state index in [0.29, 0.717) is 19.8 Å². The number of rotatable bonds is 5. The summed E-state index contributed by atoms with van der Waals surface area (Å²) >= 11 is 0. The number of hydrogen-bond acceptors (Lipinski definition) is 4. The number of nitrogens with zero attached hydrogens (tertiary/aromatic N) is 1. The lowest BCUT2D eigenvalue weighted by molar-refractivity contribution is 0.170. The highest BCUT2D eigenvalue weighted by molar-refractivity contribution is 5.43. The van der Waals surface area contributed by atoms with Crippen molar-refractivity contribution in [1.82, 2.24) is 4.90 Å². The van der Waals surface area contributed by atoms with Crippen LogP contribution in [-0.2, 0) is 6.54 Å². The SMILES string of the molecule is CCN(CCO)Cc1ccc2c(c1)OCCO2. The van der Waals surface area contributed by atoms with Crippen molar-refractivity contribution in [2.24, 2.45) is 0 Å². The van der Waals surface area contributed by atoms with Crippen molar-refractivity contribution in [3.63, 3.8) is 0 Å². The van der Waals surface area contributed by atoms with Gasteiger partial charge in [-0.2, -0.15) is 0 Å². The van der Waals surface area contributed by atoms with E-state index in [4.69, 9.17) is 14.6 Å². The molecule has 0 saturated heterocycles. The molecule has 0 fully saturated rings. The van der Waals surface area contributed by atoms with Crippen molar-refractivity contribution in [1.29, 1.82) is 0 Å². The smallest absolute Gasteiger partial charge is 0.161 e. The van der Waals surface area contributed by atoms with Gasteiger partial charge in [-0.1, -0.05) is 13.0 Å². The van der Waals surface area contributed by atoms with Gasteiger partial charge in [0.15, 0.2) is 11.5 Å². The van der Waals surface area contributed by atoms with Gasteiger partial charge in [-0.25, -0.2) is 0 Å². The summed E-state index contributed by atoms with van der Waals surface area (Å²) in [6, 6.07) is 6.03. The first-order valence-electron chi connectivity index (χ1n) is 6.05. The summed E-state index contributed by atoms with van der Waals surface area (Å²) < 4.78 is 11.0. The predicted molar refractivity (Wildman–Crippen MR) is 65.5 cm³/mol. The van der Waals surface area contributed by atoms with Crippen LogP contribution in [-0.4, -0.2) is 42.9 Å². The Labute approximate surface area is 102 Å². The van der Waals surface area contributed by atoms with Gasteiger partial charge in [0.25, 0.3) is 0 Å². The second kappa shape index (κ2) is 5.89. The molecule has 1 heterocycles. The van der Waals surface area contributed by atoms with Crippen LogP contribution in [0.3, 0.4) is 0 Å². The quantitative estimate of drug-likeness (QED) is 0.837. The van der Waals surface area contributed by atoms with Crippen LogP contribution < -0.4 is 9.47 Å².